The van der Waals surface area contributed by atoms with Crippen LogP contribution in [0, 0.1) is 10.1 Å². The first-order valence-corrected chi connectivity index (χ1v) is 8.56. The standard InChI is InChI=1S/C17H20N4O5/c22-21(23)16-10-20-9-15(12-26-17(20)18-16)25-11-13-1-3-14(4-2-13)19-5-7-24-8-6-19/h1-4,10,15H,5-9,11-12H2/t15-/m0/s1. The van der Waals surface area contributed by atoms with Gasteiger partial charge in [0.15, 0.2) is 0 Å². The van der Waals surface area contributed by atoms with Gasteiger partial charge in [-0.1, -0.05) is 12.1 Å². The van der Waals surface area contributed by atoms with E-state index in [1.54, 1.807) is 4.57 Å². The fraction of sp³-hybridized carbons (Fsp3) is 0.471. The van der Waals surface area contributed by atoms with E-state index < -0.39 is 4.92 Å². The van der Waals surface area contributed by atoms with Crippen LogP contribution in [0.3, 0.4) is 0 Å². The number of morpholine rings is 1. The quantitative estimate of drug-likeness (QED) is 0.591. The molecule has 9 heteroatoms. The summed E-state index contributed by atoms with van der Waals surface area (Å²) in [5, 5.41) is 10.8. The van der Waals surface area contributed by atoms with E-state index in [2.05, 4.69) is 34.1 Å². The topological polar surface area (TPSA) is 91.9 Å². The lowest BCUT2D eigenvalue weighted by atomic mass is 10.2. The predicted molar refractivity (Wildman–Crippen MR) is 92.4 cm³/mol. The van der Waals surface area contributed by atoms with Crippen LogP contribution in [0.1, 0.15) is 5.56 Å². The zero-order valence-electron chi connectivity index (χ0n) is 14.2. The van der Waals surface area contributed by atoms with Gasteiger partial charge < -0.3 is 29.2 Å². The Morgan fingerprint density at radius 2 is 2.04 bits per heavy atom. The first-order valence-electron chi connectivity index (χ1n) is 8.56. The maximum absolute atomic E-state index is 10.8. The lowest BCUT2D eigenvalue weighted by Gasteiger charge is -2.29. The third-order valence-corrected chi connectivity index (χ3v) is 4.51. The van der Waals surface area contributed by atoms with Gasteiger partial charge in [0, 0.05) is 23.8 Å². The second kappa shape index (κ2) is 7.30. The number of hydrogen-bond donors (Lipinski definition) is 0. The van der Waals surface area contributed by atoms with Crippen LogP contribution in [-0.2, 0) is 22.6 Å². The summed E-state index contributed by atoms with van der Waals surface area (Å²) in [6, 6.07) is 8.58. The van der Waals surface area contributed by atoms with Crippen molar-refractivity contribution in [2.24, 2.45) is 0 Å². The molecule has 0 spiro atoms. The first kappa shape index (κ1) is 16.8. The monoisotopic (exact) mass is 360 g/mol. The van der Waals surface area contributed by atoms with Gasteiger partial charge >= 0.3 is 11.8 Å². The smallest absolute Gasteiger partial charge is 0.414 e. The van der Waals surface area contributed by atoms with E-state index in [4.69, 9.17) is 14.2 Å². The molecule has 0 aliphatic carbocycles. The highest BCUT2D eigenvalue weighted by atomic mass is 16.6. The van der Waals surface area contributed by atoms with Gasteiger partial charge in [0.2, 0.25) is 0 Å². The summed E-state index contributed by atoms with van der Waals surface area (Å²) in [6.45, 7) is 4.64. The Labute approximate surface area is 150 Å². The molecule has 26 heavy (non-hydrogen) atoms. The second-order valence-corrected chi connectivity index (χ2v) is 6.30. The minimum Gasteiger partial charge on any atom is -0.443 e. The van der Waals surface area contributed by atoms with Gasteiger partial charge in [-0.15, -0.1) is 0 Å². The molecule has 0 unspecified atom stereocenters. The Morgan fingerprint density at radius 1 is 1.27 bits per heavy atom. The zero-order valence-corrected chi connectivity index (χ0v) is 14.2. The van der Waals surface area contributed by atoms with Crippen LogP contribution in [0.2, 0.25) is 0 Å². The van der Waals surface area contributed by atoms with Crippen molar-refractivity contribution in [1.29, 1.82) is 0 Å². The fourth-order valence-electron chi connectivity index (χ4n) is 3.10. The summed E-state index contributed by atoms with van der Waals surface area (Å²) >= 11 is 0. The van der Waals surface area contributed by atoms with Gasteiger partial charge in [0.1, 0.15) is 18.9 Å². The number of anilines is 1. The van der Waals surface area contributed by atoms with Gasteiger partial charge in [-0.2, -0.15) is 0 Å². The molecule has 1 aromatic carbocycles. The number of fused-ring (bicyclic) bond motifs is 1. The summed E-state index contributed by atoms with van der Waals surface area (Å²) in [7, 11) is 0. The van der Waals surface area contributed by atoms with E-state index in [1.807, 2.05) is 0 Å². The molecule has 4 rings (SSSR count). The van der Waals surface area contributed by atoms with Crippen LogP contribution in [-0.4, -0.2) is 53.5 Å². The van der Waals surface area contributed by atoms with Gasteiger partial charge in [-0.3, -0.25) is 4.57 Å². The molecule has 2 aliphatic rings. The third-order valence-electron chi connectivity index (χ3n) is 4.51. The average Bonchev–Trinajstić information content (AvgIpc) is 3.11. The van der Waals surface area contributed by atoms with Crippen molar-refractivity contribution < 1.29 is 19.1 Å². The molecule has 1 saturated heterocycles. The molecule has 0 amide bonds. The number of imidazole rings is 1. The highest BCUT2D eigenvalue weighted by Gasteiger charge is 2.28. The van der Waals surface area contributed by atoms with Crippen LogP contribution in [0.4, 0.5) is 11.5 Å². The Kier molecular flexibility index (Phi) is 4.72. The lowest BCUT2D eigenvalue weighted by Crippen LogP contribution is -2.36. The Bertz CT molecular complexity index is 770. The minimum atomic E-state index is -0.527. The zero-order chi connectivity index (χ0) is 17.9. The SMILES string of the molecule is O=[N+]([O-])c1cn2c(n1)OC[C@@H](OCc1ccc(N3CCOCC3)cc1)C2. The number of ether oxygens (including phenoxy) is 3. The van der Waals surface area contributed by atoms with Gasteiger partial charge in [-0.05, 0) is 22.6 Å². The number of nitro groups is 1. The van der Waals surface area contributed by atoms with E-state index in [1.165, 1.54) is 11.9 Å². The molecule has 0 saturated carbocycles. The normalized spacial score (nSPS) is 19.7. The van der Waals surface area contributed by atoms with E-state index >= 15 is 0 Å². The van der Waals surface area contributed by atoms with E-state index in [9.17, 15) is 10.1 Å². The third kappa shape index (κ3) is 3.63. The Morgan fingerprint density at radius 3 is 2.77 bits per heavy atom. The van der Waals surface area contributed by atoms with Crippen LogP contribution in [0.5, 0.6) is 6.01 Å². The summed E-state index contributed by atoms with van der Waals surface area (Å²) in [6.07, 6.45) is 1.21. The van der Waals surface area contributed by atoms with E-state index in [0.29, 0.717) is 19.8 Å². The van der Waals surface area contributed by atoms with E-state index in [0.717, 1.165) is 31.9 Å². The number of hydrogen-bond acceptors (Lipinski definition) is 7. The van der Waals surface area contributed by atoms with Gasteiger partial charge in [0.05, 0.1) is 26.4 Å². The van der Waals surface area contributed by atoms with E-state index in [-0.39, 0.29) is 17.9 Å². The number of rotatable bonds is 5. The molecule has 9 nitrogen and oxygen atoms in total. The van der Waals surface area contributed by atoms with Gasteiger partial charge in [-0.25, -0.2) is 0 Å². The summed E-state index contributed by atoms with van der Waals surface area (Å²) in [5.41, 5.74) is 2.26. The largest absolute Gasteiger partial charge is 0.443 e. The molecular weight excluding hydrogens is 340 g/mol. The van der Waals surface area contributed by atoms with Crippen molar-refractivity contribution in [3.63, 3.8) is 0 Å². The molecule has 1 aromatic heterocycles. The fourth-order valence-corrected chi connectivity index (χ4v) is 3.10. The van der Waals surface area contributed by atoms with Crippen LogP contribution < -0.4 is 9.64 Å². The van der Waals surface area contributed by atoms with Crippen molar-refractivity contribution in [3.05, 3.63) is 46.1 Å². The van der Waals surface area contributed by atoms with Crippen LogP contribution >= 0.6 is 0 Å². The van der Waals surface area contributed by atoms with Crippen LogP contribution in [0.15, 0.2) is 30.5 Å². The minimum absolute atomic E-state index is 0.171. The van der Waals surface area contributed by atoms with Crippen molar-refractivity contribution >= 4 is 11.5 Å². The predicted octanol–water partition coefficient (Wildman–Crippen LogP) is 1.61. The highest BCUT2D eigenvalue weighted by molar-refractivity contribution is 5.47. The van der Waals surface area contributed by atoms with Gasteiger partial charge in [0.25, 0.3) is 0 Å². The van der Waals surface area contributed by atoms with Crippen molar-refractivity contribution in [2.75, 3.05) is 37.8 Å². The molecule has 1 fully saturated rings. The maximum atomic E-state index is 10.8. The Balaban J connectivity index is 1.32. The molecule has 0 N–H and O–H groups in total. The lowest BCUT2D eigenvalue weighted by molar-refractivity contribution is -0.389. The number of benzene rings is 1. The highest BCUT2D eigenvalue weighted by Crippen LogP contribution is 2.23. The van der Waals surface area contributed by atoms with Crippen molar-refractivity contribution in [2.45, 2.75) is 19.3 Å². The number of nitrogens with zero attached hydrogens (tertiary/aromatic N) is 4. The molecule has 3 heterocycles. The summed E-state index contributed by atoms with van der Waals surface area (Å²) in [4.78, 5) is 16.4. The molecule has 1 atom stereocenters. The average molecular weight is 360 g/mol. The maximum Gasteiger partial charge on any atom is 0.414 e. The molecule has 2 aromatic rings. The Hall–Kier alpha value is -2.65. The van der Waals surface area contributed by atoms with Crippen molar-refractivity contribution in [3.8, 4) is 6.01 Å². The molecule has 0 bridgehead atoms. The summed E-state index contributed by atoms with van der Waals surface area (Å²) < 4.78 is 18.4. The number of aromatic nitrogens is 2. The van der Waals surface area contributed by atoms with Crippen LogP contribution in [0.25, 0.3) is 0 Å². The molecule has 0 radical (unpaired) electrons. The summed E-state index contributed by atoms with van der Waals surface area (Å²) in [5.74, 6) is -0.209. The molecule has 138 valence electrons. The molecule has 2 aliphatic heterocycles. The first-order chi connectivity index (χ1) is 12.7. The van der Waals surface area contributed by atoms with Crippen molar-refractivity contribution in [1.82, 2.24) is 9.55 Å². The second-order valence-electron chi connectivity index (χ2n) is 6.30. The molecular formula is C17H20N4O5.